The van der Waals surface area contributed by atoms with Crippen LogP contribution in [0.4, 0.5) is 0 Å². The van der Waals surface area contributed by atoms with Crippen LogP contribution < -0.4 is 9.47 Å². The Kier molecular flexibility index (Phi) is 8.67. The van der Waals surface area contributed by atoms with Gasteiger partial charge in [0.2, 0.25) is 5.88 Å². The summed E-state index contributed by atoms with van der Waals surface area (Å²) in [6.45, 7) is 4.33. The van der Waals surface area contributed by atoms with Gasteiger partial charge in [-0.25, -0.2) is 4.68 Å². The lowest BCUT2D eigenvalue weighted by Gasteiger charge is -2.25. The number of para-hydroxylation sites is 2. The highest BCUT2D eigenvalue weighted by atomic mass is 16.5. The van der Waals surface area contributed by atoms with Gasteiger partial charge in [0.15, 0.2) is 11.5 Å². The number of aliphatic hydroxyl groups is 1. The minimum Gasteiger partial charge on any atom is -0.493 e. The lowest BCUT2D eigenvalue weighted by molar-refractivity contribution is 0.0827. The van der Waals surface area contributed by atoms with E-state index in [4.69, 9.17) is 19.3 Å². The van der Waals surface area contributed by atoms with E-state index in [1.54, 1.807) is 18.9 Å². The molecule has 1 N–H and O–H groups in total. The summed E-state index contributed by atoms with van der Waals surface area (Å²) in [7, 11) is 5.19. The molecule has 2 aromatic carbocycles. The van der Waals surface area contributed by atoms with Crippen molar-refractivity contribution in [3.05, 3.63) is 60.2 Å². The predicted molar refractivity (Wildman–Crippen MR) is 125 cm³/mol. The van der Waals surface area contributed by atoms with Gasteiger partial charge in [-0.2, -0.15) is 5.10 Å². The van der Waals surface area contributed by atoms with Crippen molar-refractivity contribution in [2.24, 2.45) is 7.05 Å². The Morgan fingerprint density at radius 1 is 1.03 bits per heavy atom. The first kappa shape index (κ1) is 23.8. The van der Waals surface area contributed by atoms with E-state index in [2.05, 4.69) is 4.90 Å². The van der Waals surface area contributed by atoms with Crippen LogP contribution in [0.3, 0.4) is 0 Å². The van der Waals surface area contributed by atoms with Crippen LogP contribution in [0.15, 0.2) is 54.6 Å². The minimum atomic E-state index is -0.415. The Morgan fingerprint density at radius 3 is 2.38 bits per heavy atom. The number of aromatic nitrogens is 2. The fraction of sp³-hybridized carbons (Fsp3) is 0.400. The second-order valence-corrected chi connectivity index (χ2v) is 7.66. The molecule has 0 aliphatic heterocycles. The zero-order valence-corrected chi connectivity index (χ0v) is 19.3. The summed E-state index contributed by atoms with van der Waals surface area (Å²) in [5, 5.41) is 15.1. The molecule has 0 saturated heterocycles. The van der Waals surface area contributed by atoms with Crippen LogP contribution in [0.2, 0.25) is 0 Å². The van der Waals surface area contributed by atoms with Crippen molar-refractivity contribution in [2.45, 2.75) is 26.0 Å². The van der Waals surface area contributed by atoms with Crippen molar-refractivity contribution >= 4 is 0 Å². The monoisotopic (exact) mass is 439 g/mol. The molecule has 0 fully saturated rings. The van der Waals surface area contributed by atoms with Gasteiger partial charge < -0.3 is 19.3 Å². The molecule has 7 nitrogen and oxygen atoms in total. The molecule has 0 unspecified atom stereocenters. The third-order valence-electron chi connectivity index (χ3n) is 5.34. The molecule has 0 bridgehead atoms. The Hall–Kier alpha value is -2.87. The molecule has 7 heteroatoms. The summed E-state index contributed by atoms with van der Waals surface area (Å²) in [6, 6.07) is 17.6. The molecule has 0 spiro atoms. The Bertz CT molecular complexity index is 975. The molecule has 32 heavy (non-hydrogen) atoms. The smallest absolute Gasteiger partial charge is 0.222 e. The summed E-state index contributed by atoms with van der Waals surface area (Å²) in [4.78, 5) is 2.18. The largest absolute Gasteiger partial charge is 0.493 e. The zero-order chi connectivity index (χ0) is 22.9. The highest BCUT2D eigenvalue weighted by Crippen LogP contribution is 2.37. The van der Waals surface area contributed by atoms with Gasteiger partial charge in [0.1, 0.15) is 5.69 Å². The van der Waals surface area contributed by atoms with E-state index in [-0.39, 0.29) is 0 Å². The van der Waals surface area contributed by atoms with Gasteiger partial charge >= 0.3 is 0 Å². The summed E-state index contributed by atoms with van der Waals surface area (Å²) >= 11 is 0. The Labute approximate surface area is 190 Å². The van der Waals surface area contributed by atoms with Gasteiger partial charge in [0.25, 0.3) is 0 Å². The minimum absolute atomic E-state index is 0.415. The summed E-state index contributed by atoms with van der Waals surface area (Å²) < 4.78 is 18.9. The number of methoxy groups -OCH3 is 2. The van der Waals surface area contributed by atoms with Gasteiger partial charge in [-0.05, 0) is 18.6 Å². The van der Waals surface area contributed by atoms with Gasteiger partial charge in [-0.15, -0.1) is 0 Å². The number of benzene rings is 2. The third kappa shape index (κ3) is 5.88. The molecule has 172 valence electrons. The van der Waals surface area contributed by atoms with Gasteiger partial charge in [-0.1, -0.05) is 49.4 Å². The normalized spacial score (nSPS) is 12.2. The lowest BCUT2D eigenvalue weighted by atomic mass is 10.1. The SMILES string of the molecule is CC[C@@H](O)CN(CCOC)Cc1c(-c2ccccc2)nn(C)c1Oc1ccccc1OC. The van der Waals surface area contributed by atoms with Crippen molar-refractivity contribution in [1.29, 1.82) is 0 Å². The van der Waals surface area contributed by atoms with Gasteiger partial charge in [0.05, 0.1) is 25.4 Å². The highest BCUT2D eigenvalue weighted by Gasteiger charge is 2.23. The Balaban J connectivity index is 2.03. The van der Waals surface area contributed by atoms with E-state index >= 15 is 0 Å². The number of aryl methyl sites for hydroxylation is 1. The van der Waals surface area contributed by atoms with E-state index in [0.29, 0.717) is 50.0 Å². The molecular formula is C25H33N3O4. The van der Waals surface area contributed by atoms with Gasteiger partial charge in [-0.3, -0.25) is 4.90 Å². The van der Waals surface area contributed by atoms with Crippen LogP contribution in [0.25, 0.3) is 11.3 Å². The predicted octanol–water partition coefficient (Wildman–Crippen LogP) is 4.11. The molecule has 0 aliphatic carbocycles. The maximum atomic E-state index is 10.3. The average molecular weight is 440 g/mol. The van der Waals surface area contributed by atoms with Crippen LogP contribution in [0.5, 0.6) is 17.4 Å². The van der Waals surface area contributed by atoms with Gasteiger partial charge in [0, 0.05) is 39.4 Å². The van der Waals surface area contributed by atoms with Crippen LogP contribution in [-0.4, -0.2) is 59.8 Å². The second kappa shape index (κ2) is 11.7. The maximum absolute atomic E-state index is 10.3. The molecule has 0 aliphatic rings. The molecule has 0 radical (unpaired) electrons. The molecule has 1 atom stereocenters. The topological polar surface area (TPSA) is 69.0 Å². The number of hydrogen-bond acceptors (Lipinski definition) is 6. The Morgan fingerprint density at radius 2 is 1.72 bits per heavy atom. The number of rotatable bonds is 12. The number of nitrogens with zero attached hydrogens (tertiary/aromatic N) is 3. The van der Waals surface area contributed by atoms with Crippen molar-refractivity contribution < 1.29 is 19.3 Å². The van der Waals surface area contributed by atoms with E-state index < -0.39 is 6.10 Å². The van der Waals surface area contributed by atoms with Crippen molar-refractivity contribution in [2.75, 3.05) is 33.9 Å². The van der Waals surface area contributed by atoms with Crippen LogP contribution in [0, 0.1) is 0 Å². The standard InChI is InChI=1S/C25H33N3O4/c1-5-20(29)17-28(15-16-30-3)18-21-24(19-11-7-6-8-12-19)26-27(2)25(21)32-23-14-10-9-13-22(23)31-4/h6-14,20,29H,5,15-18H2,1-4H3/t20-/m1/s1. The first-order chi connectivity index (χ1) is 15.6. The molecular weight excluding hydrogens is 406 g/mol. The zero-order valence-electron chi connectivity index (χ0n) is 19.3. The van der Waals surface area contributed by atoms with E-state index in [1.165, 1.54) is 0 Å². The molecule has 3 aromatic rings. The summed E-state index contributed by atoms with van der Waals surface area (Å²) in [5.74, 6) is 1.91. The van der Waals surface area contributed by atoms with Crippen molar-refractivity contribution in [3.63, 3.8) is 0 Å². The van der Waals surface area contributed by atoms with E-state index in [0.717, 1.165) is 16.8 Å². The third-order valence-corrected chi connectivity index (χ3v) is 5.34. The molecule has 1 aromatic heterocycles. The molecule has 1 heterocycles. The first-order valence-corrected chi connectivity index (χ1v) is 10.9. The molecule has 3 rings (SSSR count). The number of hydrogen-bond donors (Lipinski definition) is 1. The first-order valence-electron chi connectivity index (χ1n) is 10.9. The second-order valence-electron chi connectivity index (χ2n) is 7.66. The average Bonchev–Trinajstić information content (AvgIpc) is 3.13. The molecule has 0 saturated carbocycles. The maximum Gasteiger partial charge on any atom is 0.222 e. The summed E-state index contributed by atoms with van der Waals surface area (Å²) in [6.07, 6.45) is 0.273. The quantitative estimate of drug-likeness (QED) is 0.458. The number of ether oxygens (including phenoxy) is 3. The molecule has 0 amide bonds. The lowest BCUT2D eigenvalue weighted by Crippen LogP contribution is -2.34. The van der Waals surface area contributed by atoms with Crippen LogP contribution in [-0.2, 0) is 18.3 Å². The fourth-order valence-electron chi connectivity index (χ4n) is 3.56. The fourth-order valence-corrected chi connectivity index (χ4v) is 3.56. The van der Waals surface area contributed by atoms with Crippen molar-refractivity contribution in [1.82, 2.24) is 14.7 Å². The van der Waals surface area contributed by atoms with Crippen LogP contribution in [0.1, 0.15) is 18.9 Å². The van der Waals surface area contributed by atoms with E-state index in [9.17, 15) is 5.11 Å². The highest BCUT2D eigenvalue weighted by molar-refractivity contribution is 5.65. The van der Waals surface area contributed by atoms with Crippen LogP contribution >= 0.6 is 0 Å². The van der Waals surface area contributed by atoms with Crippen molar-refractivity contribution in [3.8, 4) is 28.6 Å². The van der Waals surface area contributed by atoms with E-state index in [1.807, 2.05) is 68.6 Å². The summed E-state index contributed by atoms with van der Waals surface area (Å²) in [5.41, 5.74) is 2.81. The number of aliphatic hydroxyl groups excluding tert-OH is 1.